The van der Waals surface area contributed by atoms with E-state index in [1.807, 2.05) is 12.2 Å². The maximum atomic E-state index is 13.2. The maximum absolute atomic E-state index is 13.2. The van der Waals surface area contributed by atoms with E-state index in [2.05, 4.69) is 15.9 Å². The predicted molar refractivity (Wildman–Crippen MR) is 91.1 cm³/mol. The number of rotatable bonds is 2. The highest BCUT2D eigenvalue weighted by atomic mass is 79.9. The molecule has 1 aromatic carbocycles. The first-order chi connectivity index (χ1) is 12.0. The molecule has 0 spiro atoms. The fourth-order valence-electron chi connectivity index (χ4n) is 4.20. The number of carbonyl (C=O) groups is 2. The molecule has 0 saturated carbocycles. The maximum Gasteiger partial charge on any atom is 0.241 e. The van der Waals surface area contributed by atoms with Crippen LogP contribution in [0, 0.1) is 11.8 Å². The van der Waals surface area contributed by atoms with Gasteiger partial charge in [0.2, 0.25) is 11.8 Å². The number of nitrogens with zero attached hydrogens (tertiary/aromatic N) is 1. The van der Waals surface area contributed by atoms with Gasteiger partial charge in [0.25, 0.3) is 0 Å². The van der Waals surface area contributed by atoms with Crippen LogP contribution < -0.4 is 4.90 Å². The van der Waals surface area contributed by atoms with Gasteiger partial charge in [0.05, 0.1) is 41.9 Å². The monoisotopic (exact) mass is 425 g/mol. The zero-order valence-corrected chi connectivity index (χ0v) is 15.2. The topological polar surface area (TPSA) is 65.1 Å². The minimum Gasteiger partial charge on any atom is -0.357 e. The van der Waals surface area contributed by atoms with E-state index in [4.69, 9.17) is 25.8 Å². The number of anilines is 1. The van der Waals surface area contributed by atoms with Gasteiger partial charge in [-0.15, -0.1) is 0 Å². The summed E-state index contributed by atoms with van der Waals surface area (Å²) in [6.07, 6.45) is 2.53. The first-order valence-corrected chi connectivity index (χ1v) is 9.13. The van der Waals surface area contributed by atoms with Crippen molar-refractivity contribution in [3.63, 3.8) is 0 Å². The third kappa shape index (κ3) is 2.01. The van der Waals surface area contributed by atoms with E-state index >= 15 is 0 Å². The molecule has 8 heteroatoms. The van der Waals surface area contributed by atoms with E-state index in [1.165, 1.54) is 4.90 Å². The molecule has 0 aliphatic carbocycles. The molecule has 2 bridgehead atoms. The number of ether oxygens (including phenoxy) is 3. The molecule has 3 saturated heterocycles. The van der Waals surface area contributed by atoms with E-state index in [9.17, 15) is 9.59 Å². The summed E-state index contributed by atoms with van der Waals surface area (Å²) in [6, 6.07) is 5.01. The second-order valence-electron chi connectivity index (χ2n) is 6.48. The van der Waals surface area contributed by atoms with Crippen molar-refractivity contribution in [3.8, 4) is 0 Å². The molecule has 4 aliphatic rings. The van der Waals surface area contributed by atoms with Gasteiger partial charge >= 0.3 is 0 Å². The number of imide groups is 1. The van der Waals surface area contributed by atoms with E-state index in [0.717, 1.165) is 0 Å². The van der Waals surface area contributed by atoms with Crippen molar-refractivity contribution in [2.75, 3.05) is 18.1 Å². The number of fused-ring (bicyclic) bond motifs is 5. The zero-order chi connectivity index (χ0) is 17.3. The Morgan fingerprint density at radius 3 is 2.68 bits per heavy atom. The third-order valence-corrected chi connectivity index (χ3v) is 6.46. The highest BCUT2D eigenvalue weighted by Crippen LogP contribution is 2.55. The van der Waals surface area contributed by atoms with Crippen LogP contribution in [0.5, 0.6) is 0 Å². The van der Waals surface area contributed by atoms with Gasteiger partial charge in [0.15, 0.2) is 11.9 Å². The fraction of sp³-hybridized carbons (Fsp3) is 0.412. The van der Waals surface area contributed by atoms with Gasteiger partial charge in [-0.2, -0.15) is 0 Å². The molecule has 1 aromatic rings. The molecule has 4 atom stereocenters. The van der Waals surface area contributed by atoms with E-state index in [1.54, 1.807) is 18.2 Å². The number of carbonyl (C=O) groups excluding carboxylic acids is 2. The summed E-state index contributed by atoms with van der Waals surface area (Å²) >= 11 is 9.45. The molecule has 5 rings (SSSR count). The molecule has 4 aliphatic heterocycles. The first-order valence-electron chi connectivity index (χ1n) is 7.96. The van der Waals surface area contributed by atoms with Crippen LogP contribution in [0.25, 0.3) is 0 Å². The lowest BCUT2D eigenvalue weighted by Gasteiger charge is -2.32. The van der Waals surface area contributed by atoms with Gasteiger partial charge in [-0.3, -0.25) is 9.59 Å². The lowest BCUT2D eigenvalue weighted by molar-refractivity contribution is -0.180. The molecule has 4 heterocycles. The molecule has 0 unspecified atom stereocenters. The summed E-state index contributed by atoms with van der Waals surface area (Å²) in [7, 11) is 0. The summed E-state index contributed by atoms with van der Waals surface area (Å²) in [5.41, 5.74) is -0.577. The van der Waals surface area contributed by atoms with Gasteiger partial charge in [0.1, 0.15) is 0 Å². The summed E-state index contributed by atoms with van der Waals surface area (Å²) in [5.74, 6) is -1.80. The third-order valence-electron chi connectivity index (χ3n) is 5.23. The summed E-state index contributed by atoms with van der Waals surface area (Å²) in [6.45, 7) is 0.889. The molecular formula is C17H13BrClNO5. The van der Waals surface area contributed by atoms with Gasteiger partial charge in [-0.05, 0) is 40.2 Å². The van der Waals surface area contributed by atoms with Crippen molar-refractivity contribution in [3.05, 3.63) is 39.8 Å². The van der Waals surface area contributed by atoms with Crippen LogP contribution in [0.2, 0.25) is 5.02 Å². The number of hydrogen-bond acceptors (Lipinski definition) is 5. The summed E-state index contributed by atoms with van der Waals surface area (Å²) < 4.78 is 18.0. The summed E-state index contributed by atoms with van der Waals surface area (Å²) in [5, 5.41) is 0.435. The number of halogens is 2. The SMILES string of the molecule is O=C1[C@H]2[C@H]3C=C[C@@](C4OCCO4)(O3)[C@H]2C(=O)N1c1ccc(Br)c(Cl)c1. The predicted octanol–water partition coefficient (Wildman–Crippen LogP) is 2.29. The van der Waals surface area contributed by atoms with Crippen LogP contribution >= 0.6 is 27.5 Å². The van der Waals surface area contributed by atoms with Crippen LogP contribution in [-0.4, -0.2) is 43.0 Å². The van der Waals surface area contributed by atoms with Crippen molar-refractivity contribution in [1.29, 1.82) is 0 Å². The molecule has 0 radical (unpaired) electrons. The van der Waals surface area contributed by atoms with E-state index in [-0.39, 0.29) is 11.8 Å². The number of benzene rings is 1. The smallest absolute Gasteiger partial charge is 0.241 e. The highest BCUT2D eigenvalue weighted by molar-refractivity contribution is 9.10. The Kier molecular flexibility index (Phi) is 3.43. The average molecular weight is 427 g/mol. The van der Waals surface area contributed by atoms with Crippen molar-refractivity contribution in [2.24, 2.45) is 11.8 Å². The molecule has 6 nitrogen and oxygen atoms in total. The van der Waals surface area contributed by atoms with Crippen molar-refractivity contribution in [2.45, 2.75) is 18.0 Å². The molecule has 3 fully saturated rings. The Balaban J connectivity index is 1.56. The Morgan fingerprint density at radius 2 is 1.96 bits per heavy atom. The lowest BCUT2D eigenvalue weighted by Crippen LogP contribution is -2.49. The van der Waals surface area contributed by atoms with Crippen LogP contribution in [-0.2, 0) is 23.8 Å². The van der Waals surface area contributed by atoms with Gasteiger partial charge in [-0.25, -0.2) is 4.90 Å². The van der Waals surface area contributed by atoms with E-state index < -0.39 is 29.8 Å². The number of amides is 2. The molecule has 130 valence electrons. The Hall–Kier alpha value is -1.25. The summed E-state index contributed by atoms with van der Waals surface area (Å²) in [4.78, 5) is 27.4. The van der Waals surface area contributed by atoms with Crippen LogP contribution in [0.1, 0.15) is 0 Å². The molecule has 0 N–H and O–H groups in total. The average Bonchev–Trinajstić information content (AvgIpc) is 3.34. The van der Waals surface area contributed by atoms with Crippen molar-refractivity contribution < 1.29 is 23.8 Å². The fourth-order valence-corrected chi connectivity index (χ4v) is 4.63. The number of hydrogen-bond donors (Lipinski definition) is 0. The molecular weight excluding hydrogens is 414 g/mol. The van der Waals surface area contributed by atoms with Crippen molar-refractivity contribution in [1.82, 2.24) is 0 Å². The second kappa shape index (κ2) is 5.37. The Bertz CT molecular complexity index is 823. The van der Waals surface area contributed by atoms with Gasteiger partial charge in [-0.1, -0.05) is 17.7 Å². The normalized spacial score (nSPS) is 36.7. The lowest BCUT2D eigenvalue weighted by atomic mass is 9.76. The van der Waals surface area contributed by atoms with Crippen LogP contribution in [0.15, 0.2) is 34.8 Å². The highest BCUT2D eigenvalue weighted by Gasteiger charge is 2.71. The minimum absolute atomic E-state index is 0.275. The quantitative estimate of drug-likeness (QED) is 0.536. The molecule has 0 aromatic heterocycles. The molecule has 25 heavy (non-hydrogen) atoms. The van der Waals surface area contributed by atoms with E-state index in [0.29, 0.717) is 28.4 Å². The first kappa shape index (κ1) is 16.0. The van der Waals surface area contributed by atoms with Crippen LogP contribution in [0.3, 0.4) is 0 Å². The largest absolute Gasteiger partial charge is 0.357 e. The van der Waals surface area contributed by atoms with Gasteiger partial charge in [0, 0.05) is 4.47 Å². The van der Waals surface area contributed by atoms with Gasteiger partial charge < -0.3 is 14.2 Å². The standard InChI is InChI=1S/C17H13BrClNO5/c18-9-2-1-8(7-10(9)19)20-14(21)12-11-3-4-17(25-11,13(12)15(20)22)16-23-5-6-24-16/h1-4,7,11-13,16H,5-6H2/t11-,12+,13-,17-/m1/s1. The Morgan fingerprint density at radius 1 is 1.20 bits per heavy atom. The second-order valence-corrected chi connectivity index (χ2v) is 7.74. The van der Waals surface area contributed by atoms with Crippen LogP contribution in [0.4, 0.5) is 5.69 Å². The minimum atomic E-state index is -1.04. The van der Waals surface area contributed by atoms with Crippen molar-refractivity contribution >= 4 is 45.0 Å². The molecule has 2 amide bonds. The Labute approximate surface area is 156 Å². The zero-order valence-electron chi connectivity index (χ0n) is 12.9.